The second-order valence-electron chi connectivity index (χ2n) is 10.8. The molecular formula is C25H49N. The second-order valence-corrected chi connectivity index (χ2v) is 10.8. The van der Waals surface area contributed by atoms with Crippen LogP contribution in [0.25, 0.3) is 0 Å². The van der Waals surface area contributed by atoms with Crippen LogP contribution in [0.5, 0.6) is 0 Å². The molecule has 26 heavy (non-hydrogen) atoms. The third-order valence-corrected chi connectivity index (χ3v) is 8.20. The first-order valence-corrected chi connectivity index (χ1v) is 12.1. The van der Waals surface area contributed by atoms with Crippen molar-refractivity contribution < 1.29 is 0 Å². The van der Waals surface area contributed by atoms with E-state index < -0.39 is 0 Å². The molecule has 2 saturated carbocycles. The summed E-state index contributed by atoms with van der Waals surface area (Å²) in [7, 11) is 0. The van der Waals surface area contributed by atoms with Crippen molar-refractivity contribution in [1.82, 2.24) is 0 Å². The van der Waals surface area contributed by atoms with Gasteiger partial charge in [0.2, 0.25) is 0 Å². The van der Waals surface area contributed by atoms with Crippen molar-refractivity contribution in [3.8, 4) is 0 Å². The van der Waals surface area contributed by atoms with Gasteiger partial charge in [-0.1, -0.05) is 86.0 Å². The molecule has 2 rings (SSSR count). The Balaban J connectivity index is 1.83. The minimum Gasteiger partial charge on any atom is -0.328 e. The summed E-state index contributed by atoms with van der Waals surface area (Å²) >= 11 is 0. The Hall–Kier alpha value is -0.0400. The van der Waals surface area contributed by atoms with Gasteiger partial charge in [0.25, 0.3) is 0 Å². The number of nitrogens with two attached hydrogens (primary N) is 1. The fourth-order valence-corrected chi connectivity index (χ4v) is 6.51. The molecular weight excluding hydrogens is 314 g/mol. The van der Waals surface area contributed by atoms with Gasteiger partial charge in [-0.25, -0.2) is 0 Å². The van der Waals surface area contributed by atoms with Crippen LogP contribution in [0.4, 0.5) is 0 Å². The Morgan fingerprint density at radius 1 is 1.00 bits per heavy atom. The van der Waals surface area contributed by atoms with Gasteiger partial charge in [0.05, 0.1) is 0 Å². The molecule has 0 aromatic carbocycles. The minimum absolute atomic E-state index is 0.375. The van der Waals surface area contributed by atoms with E-state index in [-0.39, 0.29) is 0 Å². The van der Waals surface area contributed by atoms with Crippen LogP contribution in [0.1, 0.15) is 119 Å². The van der Waals surface area contributed by atoms with E-state index in [4.69, 9.17) is 5.73 Å². The van der Waals surface area contributed by atoms with Crippen LogP contribution in [0.3, 0.4) is 0 Å². The van der Waals surface area contributed by atoms with Gasteiger partial charge in [0.1, 0.15) is 0 Å². The normalized spacial score (nSPS) is 32.7. The molecule has 2 fully saturated rings. The lowest BCUT2D eigenvalue weighted by Gasteiger charge is -2.26. The fourth-order valence-electron chi connectivity index (χ4n) is 6.51. The molecule has 0 radical (unpaired) electrons. The summed E-state index contributed by atoms with van der Waals surface area (Å²) in [6, 6.07) is 0.375. The monoisotopic (exact) mass is 363 g/mol. The highest BCUT2D eigenvalue weighted by Gasteiger charge is 2.79. The summed E-state index contributed by atoms with van der Waals surface area (Å²) in [5.41, 5.74) is 7.37. The molecule has 6 atom stereocenters. The molecule has 2 aliphatic carbocycles. The van der Waals surface area contributed by atoms with Crippen molar-refractivity contribution >= 4 is 0 Å². The maximum absolute atomic E-state index is 6.10. The maximum atomic E-state index is 6.10. The van der Waals surface area contributed by atoms with E-state index in [9.17, 15) is 0 Å². The lowest BCUT2D eigenvalue weighted by Crippen LogP contribution is -2.18. The first kappa shape index (κ1) is 22.3. The summed E-state index contributed by atoms with van der Waals surface area (Å²) in [5, 5.41) is 0. The lowest BCUT2D eigenvalue weighted by molar-refractivity contribution is 0.237. The number of rotatable bonds is 14. The van der Waals surface area contributed by atoms with Crippen molar-refractivity contribution in [1.29, 1.82) is 0 Å². The summed E-state index contributed by atoms with van der Waals surface area (Å²) in [6.45, 7) is 14.6. The molecule has 0 aromatic heterocycles. The minimum atomic E-state index is 0.375. The first-order chi connectivity index (χ1) is 12.3. The molecule has 2 aliphatic rings. The molecule has 1 nitrogen and oxygen atoms in total. The highest BCUT2D eigenvalue weighted by Crippen LogP contribution is 2.85. The zero-order valence-corrected chi connectivity index (χ0v) is 18.9. The molecule has 6 unspecified atom stereocenters. The fraction of sp³-hybridized carbons (Fsp3) is 1.00. The Kier molecular flexibility index (Phi) is 8.08. The van der Waals surface area contributed by atoms with Gasteiger partial charge in [0.15, 0.2) is 0 Å². The van der Waals surface area contributed by atoms with Crippen LogP contribution < -0.4 is 5.73 Å². The molecule has 0 bridgehead atoms. The van der Waals surface area contributed by atoms with Gasteiger partial charge >= 0.3 is 0 Å². The standard InChI is InChI=1S/C25H49N/c1-7-9-10-11-12-13-14-17-24(5,6)23-21(16-15-20(4)26)25(23)18-22(25)19(3)8-2/h19-23H,7-18,26H2,1-6H3. The largest absolute Gasteiger partial charge is 0.328 e. The van der Waals surface area contributed by atoms with Crippen molar-refractivity contribution in [2.75, 3.05) is 0 Å². The average Bonchev–Trinajstić information content (AvgIpc) is 3.47. The summed E-state index contributed by atoms with van der Waals surface area (Å²) < 4.78 is 0. The van der Waals surface area contributed by atoms with E-state index in [1.165, 1.54) is 77.0 Å². The number of hydrogen-bond donors (Lipinski definition) is 1. The Morgan fingerprint density at radius 3 is 2.19 bits per heavy atom. The van der Waals surface area contributed by atoms with Gasteiger partial charge in [-0.2, -0.15) is 0 Å². The molecule has 0 aromatic rings. The quantitative estimate of drug-likeness (QED) is 0.316. The predicted octanol–water partition coefficient (Wildman–Crippen LogP) is 7.58. The van der Waals surface area contributed by atoms with Gasteiger partial charge < -0.3 is 5.73 Å². The number of hydrogen-bond acceptors (Lipinski definition) is 1. The van der Waals surface area contributed by atoms with Crippen LogP contribution in [-0.4, -0.2) is 6.04 Å². The van der Waals surface area contributed by atoms with E-state index >= 15 is 0 Å². The van der Waals surface area contributed by atoms with Crippen LogP contribution in [0.2, 0.25) is 0 Å². The molecule has 1 heteroatoms. The molecule has 0 aliphatic heterocycles. The highest BCUT2D eigenvalue weighted by atomic mass is 14.8. The van der Waals surface area contributed by atoms with E-state index in [1.54, 1.807) is 0 Å². The average molecular weight is 364 g/mol. The smallest absolute Gasteiger partial charge is 0.00105 e. The lowest BCUT2D eigenvalue weighted by atomic mass is 9.79. The molecule has 0 amide bonds. The van der Waals surface area contributed by atoms with Crippen molar-refractivity contribution in [3.05, 3.63) is 0 Å². The van der Waals surface area contributed by atoms with E-state index in [1.807, 2.05) is 0 Å². The van der Waals surface area contributed by atoms with Crippen LogP contribution in [-0.2, 0) is 0 Å². The summed E-state index contributed by atoms with van der Waals surface area (Å²) in [6.07, 6.45) is 17.0. The van der Waals surface area contributed by atoms with E-state index in [0.717, 1.165) is 29.1 Å². The van der Waals surface area contributed by atoms with Crippen molar-refractivity contribution in [2.45, 2.75) is 125 Å². The Labute approximate surface area is 165 Å². The molecule has 154 valence electrons. The zero-order valence-electron chi connectivity index (χ0n) is 18.9. The van der Waals surface area contributed by atoms with Crippen molar-refractivity contribution in [2.24, 2.45) is 40.2 Å². The summed E-state index contributed by atoms with van der Waals surface area (Å²) in [5.74, 6) is 3.90. The van der Waals surface area contributed by atoms with Gasteiger partial charge in [-0.3, -0.25) is 0 Å². The van der Waals surface area contributed by atoms with E-state index in [0.29, 0.717) is 11.5 Å². The molecule has 1 spiro atoms. The topological polar surface area (TPSA) is 26.0 Å². The SMILES string of the molecule is CCCCCCCCCC(C)(C)C1C(CCC(C)N)C12CC2C(C)CC. The molecule has 0 saturated heterocycles. The third-order valence-electron chi connectivity index (χ3n) is 8.20. The predicted molar refractivity (Wildman–Crippen MR) is 116 cm³/mol. The molecule has 0 heterocycles. The highest BCUT2D eigenvalue weighted by molar-refractivity contribution is 5.27. The van der Waals surface area contributed by atoms with Crippen LogP contribution >= 0.6 is 0 Å². The molecule has 2 N–H and O–H groups in total. The van der Waals surface area contributed by atoms with Crippen molar-refractivity contribution in [3.63, 3.8) is 0 Å². The van der Waals surface area contributed by atoms with E-state index in [2.05, 4.69) is 41.5 Å². The third kappa shape index (κ3) is 5.06. The van der Waals surface area contributed by atoms with Crippen LogP contribution in [0, 0.1) is 34.5 Å². The second kappa shape index (κ2) is 9.44. The zero-order chi connectivity index (χ0) is 19.4. The van der Waals surface area contributed by atoms with Gasteiger partial charge in [-0.15, -0.1) is 0 Å². The Morgan fingerprint density at radius 2 is 1.62 bits per heavy atom. The summed E-state index contributed by atoms with van der Waals surface area (Å²) in [4.78, 5) is 0. The van der Waals surface area contributed by atoms with Gasteiger partial charge in [-0.05, 0) is 67.1 Å². The first-order valence-electron chi connectivity index (χ1n) is 12.1. The maximum Gasteiger partial charge on any atom is 0.00105 e. The van der Waals surface area contributed by atoms with Crippen LogP contribution in [0.15, 0.2) is 0 Å². The Bertz CT molecular complexity index is 412. The van der Waals surface area contributed by atoms with Gasteiger partial charge in [0, 0.05) is 6.04 Å². The number of unbranched alkanes of at least 4 members (excludes halogenated alkanes) is 6.